The van der Waals surface area contributed by atoms with E-state index in [-0.39, 0.29) is 12.6 Å². The van der Waals surface area contributed by atoms with Crippen LogP contribution in [0, 0.1) is 5.82 Å². The number of hydrogen-bond acceptors (Lipinski definition) is 13. The van der Waals surface area contributed by atoms with Crippen LogP contribution in [0.4, 0.5) is 4.39 Å². The van der Waals surface area contributed by atoms with Gasteiger partial charge in [0.2, 0.25) is 18.2 Å². The van der Waals surface area contributed by atoms with Gasteiger partial charge in [-0.1, -0.05) is 30.3 Å². The van der Waals surface area contributed by atoms with Crippen molar-refractivity contribution in [3.8, 4) is 11.9 Å². The number of aromatic nitrogens is 2. The average molecular weight is 536 g/mol. The van der Waals surface area contributed by atoms with Gasteiger partial charge in [0.1, 0.15) is 6.61 Å². The van der Waals surface area contributed by atoms with Crippen molar-refractivity contribution < 1.29 is 56.7 Å². The summed E-state index contributed by atoms with van der Waals surface area (Å²) in [6, 6.07) is 8.75. The smallest absolute Gasteiger partial charge is 0.339 e. The lowest BCUT2D eigenvalue weighted by atomic mass is 9.97. The highest BCUT2D eigenvalue weighted by atomic mass is 19.1. The van der Waals surface area contributed by atoms with Crippen LogP contribution in [0.1, 0.15) is 26.3 Å². The third-order valence-corrected chi connectivity index (χ3v) is 4.96. The highest BCUT2D eigenvalue weighted by Gasteiger charge is 2.56. The van der Waals surface area contributed by atoms with Crippen molar-refractivity contribution >= 4 is 23.9 Å². The molecule has 5 atom stereocenters. The molecule has 14 heteroatoms. The summed E-state index contributed by atoms with van der Waals surface area (Å²) in [5, 5.41) is 0. The van der Waals surface area contributed by atoms with Crippen LogP contribution >= 0.6 is 0 Å². The van der Waals surface area contributed by atoms with Gasteiger partial charge in [0.05, 0.1) is 13.3 Å². The minimum atomic E-state index is -1.79. The van der Waals surface area contributed by atoms with Crippen LogP contribution in [0.15, 0.2) is 36.5 Å². The molecule has 1 saturated heterocycles. The van der Waals surface area contributed by atoms with Gasteiger partial charge in [0.25, 0.3) is 5.88 Å². The predicted octanol–water partition coefficient (Wildman–Crippen LogP) is 1.27. The fraction of sp³-hybridized carbons (Fsp3) is 0.417. The molecule has 0 unspecified atom stereocenters. The Balaban J connectivity index is 1.95. The zero-order chi connectivity index (χ0) is 27.8. The summed E-state index contributed by atoms with van der Waals surface area (Å²) in [5.41, 5.74) is 0.787. The number of ether oxygens (including phenoxy) is 7. The monoisotopic (exact) mass is 536 g/mol. The van der Waals surface area contributed by atoms with Crippen LogP contribution < -0.4 is 9.47 Å². The number of carbonyl (C=O) groups is 4. The van der Waals surface area contributed by atoms with E-state index in [4.69, 9.17) is 33.2 Å². The quantitative estimate of drug-likeness (QED) is 0.333. The van der Waals surface area contributed by atoms with E-state index in [1.807, 2.05) is 6.07 Å². The van der Waals surface area contributed by atoms with E-state index < -0.39 is 66.3 Å². The van der Waals surface area contributed by atoms with Crippen molar-refractivity contribution in [2.75, 3.05) is 7.11 Å². The van der Waals surface area contributed by atoms with E-state index in [1.165, 1.54) is 0 Å². The van der Waals surface area contributed by atoms with E-state index >= 15 is 0 Å². The maximum absolute atomic E-state index is 14.6. The van der Waals surface area contributed by atoms with Gasteiger partial charge < -0.3 is 33.2 Å². The number of esters is 4. The summed E-state index contributed by atoms with van der Waals surface area (Å²) in [6.07, 6.45) is -7.58. The molecule has 0 aliphatic carbocycles. The first-order valence-electron chi connectivity index (χ1n) is 11.2. The molecule has 0 bridgehead atoms. The molecule has 1 aromatic carbocycles. The van der Waals surface area contributed by atoms with E-state index in [2.05, 4.69) is 9.97 Å². The van der Waals surface area contributed by atoms with Crippen LogP contribution in [0.5, 0.6) is 11.9 Å². The number of hydrogen-bond donors (Lipinski definition) is 0. The third kappa shape index (κ3) is 7.35. The van der Waals surface area contributed by atoms with Gasteiger partial charge >= 0.3 is 29.9 Å². The SMILES string of the molecule is COC(=O)[C@H]1O[C@@H](Oc2nc(OCc3ccccc3)ncc2F)[C@H](OC(C)=O)[C@@H](OC(C)=O)[C@@H]1OC(C)=O. The Hall–Kier alpha value is -4.33. The highest BCUT2D eigenvalue weighted by molar-refractivity contribution is 5.77. The summed E-state index contributed by atoms with van der Waals surface area (Å²) >= 11 is 0. The molecule has 3 rings (SSSR count). The van der Waals surface area contributed by atoms with Gasteiger partial charge in [0, 0.05) is 20.8 Å². The molecule has 1 aliphatic rings. The molecule has 2 heterocycles. The Kier molecular flexibility index (Phi) is 9.49. The number of carbonyl (C=O) groups excluding carboxylic acids is 4. The summed E-state index contributed by atoms with van der Waals surface area (Å²) in [5.74, 6) is -5.41. The minimum absolute atomic E-state index is 0.0604. The molecular weight excluding hydrogens is 511 g/mol. The molecule has 2 aromatic rings. The Labute approximate surface area is 216 Å². The second-order valence-electron chi connectivity index (χ2n) is 7.87. The van der Waals surface area contributed by atoms with Crippen molar-refractivity contribution in [3.05, 3.63) is 47.9 Å². The topological polar surface area (TPSA) is 159 Å². The van der Waals surface area contributed by atoms with Crippen LogP contribution in [-0.4, -0.2) is 71.7 Å². The molecule has 0 radical (unpaired) electrons. The lowest BCUT2D eigenvalue weighted by Crippen LogP contribution is -2.64. The molecule has 13 nitrogen and oxygen atoms in total. The molecular formula is C24H25FN2O11. The summed E-state index contributed by atoms with van der Waals surface area (Å²) < 4.78 is 51.6. The van der Waals surface area contributed by atoms with Crippen LogP contribution in [0.2, 0.25) is 0 Å². The fourth-order valence-electron chi connectivity index (χ4n) is 3.50. The van der Waals surface area contributed by atoms with E-state index in [0.29, 0.717) is 0 Å². The first-order chi connectivity index (χ1) is 18.1. The Bertz CT molecular complexity index is 1160. The predicted molar refractivity (Wildman–Crippen MR) is 121 cm³/mol. The van der Waals surface area contributed by atoms with Gasteiger partial charge in [0.15, 0.2) is 18.3 Å². The summed E-state index contributed by atoms with van der Waals surface area (Å²) in [6.45, 7) is 3.17. The van der Waals surface area contributed by atoms with Crippen molar-refractivity contribution in [2.24, 2.45) is 0 Å². The van der Waals surface area contributed by atoms with Crippen molar-refractivity contribution in [3.63, 3.8) is 0 Å². The molecule has 0 amide bonds. The Morgan fingerprint density at radius 3 is 2.13 bits per heavy atom. The number of rotatable bonds is 9. The number of nitrogens with zero attached hydrogens (tertiary/aromatic N) is 2. The Morgan fingerprint density at radius 1 is 0.921 bits per heavy atom. The molecule has 1 aliphatic heterocycles. The van der Waals surface area contributed by atoms with E-state index in [1.54, 1.807) is 24.3 Å². The zero-order valence-electron chi connectivity index (χ0n) is 20.8. The molecule has 1 aromatic heterocycles. The minimum Gasteiger partial charge on any atom is -0.467 e. The van der Waals surface area contributed by atoms with Crippen molar-refractivity contribution in [1.82, 2.24) is 9.97 Å². The number of benzene rings is 1. The molecule has 1 fully saturated rings. The lowest BCUT2D eigenvalue weighted by molar-refractivity contribution is -0.283. The second-order valence-corrected chi connectivity index (χ2v) is 7.87. The maximum Gasteiger partial charge on any atom is 0.339 e. The van der Waals surface area contributed by atoms with Gasteiger partial charge in [-0.25, -0.2) is 9.78 Å². The number of methoxy groups -OCH3 is 1. The van der Waals surface area contributed by atoms with E-state index in [0.717, 1.165) is 39.6 Å². The molecule has 0 saturated carbocycles. The maximum atomic E-state index is 14.6. The summed E-state index contributed by atoms with van der Waals surface area (Å²) in [7, 11) is 1.03. The van der Waals surface area contributed by atoms with Gasteiger partial charge in [-0.3, -0.25) is 14.4 Å². The second kappa shape index (κ2) is 12.8. The average Bonchev–Trinajstić information content (AvgIpc) is 2.87. The van der Waals surface area contributed by atoms with E-state index in [9.17, 15) is 23.6 Å². The van der Waals surface area contributed by atoms with Crippen LogP contribution in [0.25, 0.3) is 0 Å². The summed E-state index contributed by atoms with van der Waals surface area (Å²) in [4.78, 5) is 55.7. The van der Waals surface area contributed by atoms with Gasteiger partial charge in [-0.15, -0.1) is 0 Å². The van der Waals surface area contributed by atoms with Gasteiger partial charge in [-0.05, 0) is 5.56 Å². The van der Waals surface area contributed by atoms with Crippen molar-refractivity contribution in [1.29, 1.82) is 0 Å². The standard InChI is InChI=1S/C24H25FN2O11/c1-12(28)34-17-18(35-13(2)29)20(36-14(3)30)23(37-19(17)22(31)32-4)38-21-16(25)10-26-24(27-21)33-11-15-8-6-5-7-9-15/h5-10,17-20,23H,11H2,1-4H3/t17-,18-,19-,20+,23-/m0/s1. The van der Waals surface area contributed by atoms with Crippen LogP contribution in [0.3, 0.4) is 0 Å². The molecule has 0 spiro atoms. The molecule has 0 N–H and O–H groups in total. The van der Waals surface area contributed by atoms with Crippen LogP contribution in [-0.2, 0) is 49.5 Å². The zero-order valence-corrected chi connectivity index (χ0v) is 20.8. The number of halogens is 1. The first-order valence-corrected chi connectivity index (χ1v) is 11.2. The van der Waals surface area contributed by atoms with Crippen molar-refractivity contribution in [2.45, 2.75) is 58.1 Å². The normalized spacial score (nSPS) is 22.5. The fourth-order valence-corrected chi connectivity index (χ4v) is 3.50. The first kappa shape index (κ1) is 28.2. The Morgan fingerprint density at radius 2 is 1.53 bits per heavy atom. The third-order valence-electron chi connectivity index (χ3n) is 4.96. The lowest BCUT2D eigenvalue weighted by Gasteiger charge is -2.42. The molecule has 38 heavy (non-hydrogen) atoms. The molecule has 204 valence electrons. The van der Waals surface area contributed by atoms with Gasteiger partial charge in [-0.2, -0.15) is 9.37 Å². The highest BCUT2D eigenvalue weighted by Crippen LogP contribution is 2.31. The largest absolute Gasteiger partial charge is 0.467 e.